The molecule has 0 aliphatic carbocycles. The van der Waals surface area contributed by atoms with Crippen LogP contribution in [-0.2, 0) is 0 Å². The van der Waals surface area contributed by atoms with Crippen LogP contribution in [0.3, 0.4) is 0 Å². The van der Waals surface area contributed by atoms with E-state index in [9.17, 15) is 0 Å². The predicted molar refractivity (Wildman–Crippen MR) is 63.2 cm³/mol. The standard InChI is InChI=1S/C10H19NSSi/c1-10(2,3)8(13(4)5)9-11-6-7-12-9/h6-8,13H,1-5H3. The van der Waals surface area contributed by atoms with E-state index in [2.05, 4.69) is 44.2 Å². The Balaban J connectivity index is 2.94. The second-order valence-corrected chi connectivity index (χ2v) is 9.04. The number of hydrogen-bond acceptors (Lipinski definition) is 2. The van der Waals surface area contributed by atoms with Crippen LogP contribution in [0, 0.1) is 5.41 Å². The molecule has 3 heteroatoms. The summed E-state index contributed by atoms with van der Waals surface area (Å²) in [6.45, 7) is 11.8. The molecule has 0 saturated carbocycles. The summed E-state index contributed by atoms with van der Waals surface area (Å²) in [6, 6.07) is 0. The highest BCUT2D eigenvalue weighted by molar-refractivity contribution is 7.10. The monoisotopic (exact) mass is 213 g/mol. The lowest BCUT2D eigenvalue weighted by Gasteiger charge is -2.31. The van der Waals surface area contributed by atoms with Gasteiger partial charge in [-0.3, -0.25) is 0 Å². The van der Waals surface area contributed by atoms with Crippen LogP contribution >= 0.6 is 11.3 Å². The molecule has 0 spiro atoms. The quantitative estimate of drug-likeness (QED) is 0.687. The minimum Gasteiger partial charge on any atom is -0.250 e. The Morgan fingerprint density at radius 1 is 1.38 bits per heavy atom. The molecular weight excluding hydrogens is 194 g/mol. The van der Waals surface area contributed by atoms with Crippen molar-refractivity contribution in [3.8, 4) is 0 Å². The number of rotatable bonds is 2. The summed E-state index contributed by atoms with van der Waals surface area (Å²) in [5, 5.41) is 3.43. The Labute approximate surface area is 86.8 Å². The summed E-state index contributed by atoms with van der Waals surface area (Å²) in [5.41, 5.74) is 1.09. The zero-order valence-corrected chi connectivity index (χ0v) is 11.1. The molecular formula is C10H19NSSi. The fraction of sp³-hybridized carbons (Fsp3) is 0.700. The highest BCUT2D eigenvalue weighted by Crippen LogP contribution is 2.37. The molecule has 0 N–H and O–H groups in total. The van der Waals surface area contributed by atoms with Gasteiger partial charge in [0.15, 0.2) is 0 Å². The van der Waals surface area contributed by atoms with Gasteiger partial charge in [0.25, 0.3) is 0 Å². The first-order chi connectivity index (χ1) is 5.93. The van der Waals surface area contributed by atoms with Crippen molar-refractivity contribution in [1.29, 1.82) is 0 Å². The summed E-state index contributed by atoms with van der Waals surface area (Å²) < 4.78 is 0. The Kier molecular flexibility index (Phi) is 3.30. The molecule has 0 saturated heterocycles. The zero-order valence-electron chi connectivity index (χ0n) is 9.16. The molecule has 1 unspecified atom stereocenters. The zero-order chi connectivity index (χ0) is 10.1. The fourth-order valence-electron chi connectivity index (χ4n) is 2.04. The summed E-state index contributed by atoms with van der Waals surface area (Å²) in [5.74, 6) is 0. The van der Waals surface area contributed by atoms with E-state index in [1.165, 1.54) is 5.01 Å². The molecule has 1 heterocycles. The number of nitrogens with zero attached hydrogens (tertiary/aromatic N) is 1. The third-order valence-electron chi connectivity index (χ3n) is 2.32. The van der Waals surface area contributed by atoms with Gasteiger partial charge >= 0.3 is 0 Å². The van der Waals surface area contributed by atoms with E-state index >= 15 is 0 Å². The number of thiazole rings is 1. The van der Waals surface area contributed by atoms with Crippen LogP contribution in [0.5, 0.6) is 0 Å². The van der Waals surface area contributed by atoms with Crippen molar-refractivity contribution in [3.63, 3.8) is 0 Å². The van der Waals surface area contributed by atoms with Gasteiger partial charge in [-0.05, 0) is 5.41 Å². The maximum Gasteiger partial charge on any atom is 0.0931 e. The van der Waals surface area contributed by atoms with Gasteiger partial charge in [0.1, 0.15) is 0 Å². The third-order valence-corrected chi connectivity index (χ3v) is 6.07. The summed E-state index contributed by atoms with van der Waals surface area (Å²) in [7, 11) is -0.655. The molecule has 0 bridgehead atoms. The largest absolute Gasteiger partial charge is 0.250 e. The van der Waals surface area contributed by atoms with Crippen LogP contribution < -0.4 is 0 Å². The molecule has 0 aliphatic rings. The van der Waals surface area contributed by atoms with Crippen molar-refractivity contribution in [1.82, 2.24) is 4.98 Å². The lowest BCUT2D eigenvalue weighted by Crippen LogP contribution is -2.29. The van der Waals surface area contributed by atoms with Gasteiger partial charge in [-0.15, -0.1) is 11.3 Å². The van der Waals surface area contributed by atoms with Crippen molar-refractivity contribution in [2.45, 2.75) is 39.4 Å². The average molecular weight is 213 g/mol. The predicted octanol–water partition coefficient (Wildman–Crippen LogP) is 3.30. The molecule has 74 valence electrons. The smallest absolute Gasteiger partial charge is 0.0931 e. The molecule has 1 aromatic rings. The average Bonchev–Trinajstić information content (AvgIpc) is 2.34. The molecule has 1 aromatic heterocycles. The number of aromatic nitrogens is 1. The molecule has 1 nitrogen and oxygen atoms in total. The second kappa shape index (κ2) is 3.92. The second-order valence-electron chi connectivity index (χ2n) is 4.96. The highest BCUT2D eigenvalue weighted by atomic mass is 32.1. The molecule has 0 aromatic carbocycles. The third kappa shape index (κ3) is 2.64. The van der Waals surface area contributed by atoms with E-state index in [1.807, 2.05) is 17.5 Å². The van der Waals surface area contributed by atoms with Crippen molar-refractivity contribution >= 4 is 20.1 Å². The van der Waals surface area contributed by atoms with E-state index in [1.54, 1.807) is 0 Å². The van der Waals surface area contributed by atoms with Gasteiger partial charge in [-0.25, -0.2) is 4.98 Å². The molecule has 1 atom stereocenters. The number of hydrogen-bond donors (Lipinski definition) is 0. The Morgan fingerprint density at radius 3 is 2.31 bits per heavy atom. The van der Waals surface area contributed by atoms with E-state index in [0.29, 0.717) is 11.0 Å². The molecule has 1 rings (SSSR count). The first-order valence-corrected chi connectivity index (χ1v) is 8.68. The summed E-state index contributed by atoms with van der Waals surface area (Å²) in [4.78, 5) is 4.46. The van der Waals surface area contributed by atoms with Crippen LogP contribution in [-0.4, -0.2) is 13.8 Å². The Hall–Kier alpha value is -0.153. The Bertz CT molecular complexity index is 248. The van der Waals surface area contributed by atoms with E-state index in [4.69, 9.17) is 0 Å². The topological polar surface area (TPSA) is 12.9 Å². The fourth-order valence-corrected chi connectivity index (χ4v) is 6.64. The molecule has 0 fully saturated rings. The summed E-state index contributed by atoms with van der Waals surface area (Å²) in [6.07, 6.45) is 1.93. The van der Waals surface area contributed by atoms with Gasteiger partial charge in [0.05, 0.1) is 5.01 Å². The van der Waals surface area contributed by atoms with E-state index in [0.717, 1.165) is 0 Å². The van der Waals surface area contributed by atoms with Crippen LogP contribution in [0.4, 0.5) is 0 Å². The minimum atomic E-state index is -0.655. The highest BCUT2D eigenvalue weighted by Gasteiger charge is 2.31. The molecule has 0 amide bonds. The van der Waals surface area contributed by atoms with Crippen LogP contribution in [0.1, 0.15) is 31.3 Å². The maximum atomic E-state index is 4.46. The van der Waals surface area contributed by atoms with Crippen LogP contribution in [0.25, 0.3) is 0 Å². The lowest BCUT2D eigenvalue weighted by atomic mass is 9.92. The normalized spacial score (nSPS) is 14.9. The molecule has 0 aliphatic heterocycles. The van der Waals surface area contributed by atoms with Gasteiger partial charge in [-0.2, -0.15) is 0 Å². The van der Waals surface area contributed by atoms with Crippen molar-refractivity contribution in [3.05, 3.63) is 16.6 Å². The van der Waals surface area contributed by atoms with E-state index in [-0.39, 0.29) is 0 Å². The molecule has 13 heavy (non-hydrogen) atoms. The SMILES string of the molecule is C[SiH](C)C(c1nccs1)C(C)(C)C. The van der Waals surface area contributed by atoms with Crippen LogP contribution in [0.2, 0.25) is 13.1 Å². The first kappa shape index (κ1) is 10.9. The first-order valence-electron chi connectivity index (χ1n) is 4.82. The summed E-state index contributed by atoms with van der Waals surface area (Å²) >= 11 is 1.81. The van der Waals surface area contributed by atoms with Gasteiger partial charge in [0.2, 0.25) is 0 Å². The van der Waals surface area contributed by atoms with Gasteiger partial charge < -0.3 is 0 Å². The molecule has 0 radical (unpaired) electrons. The van der Waals surface area contributed by atoms with E-state index < -0.39 is 8.80 Å². The van der Waals surface area contributed by atoms with Crippen molar-refractivity contribution in [2.24, 2.45) is 5.41 Å². The van der Waals surface area contributed by atoms with Gasteiger partial charge in [0, 0.05) is 25.9 Å². The van der Waals surface area contributed by atoms with Crippen molar-refractivity contribution in [2.75, 3.05) is 0 Å². The van der Waals surface area contributed by atoms with Crippen LogP contribution in [0.15, 0.2) is 11.6 Å². The van der Waals surface area contributed by atoms with Gasteiger partial charge in [-0.1, -0.05) is 33.9 Å². The van der Waals surface area contributed by atoms with Crippen molar-refractivity contribution < 1.29 is 0 Å². The maximum absolute atomic E-state index is 4.46. The Morgan fingerprint density at radius 2 is 2.00 bits per heavy atom. The lowest BCUT2D eigenvalue weighted by molar-refractivity contribution is 0.388. The minimum absolute atomic E-state index is 0.373.